The maximum Gasteiger partial charge on any atom is 0.221 e. The van der Waals surface area contributed by atoms with Gasteiger partial charge < -0.3 is 10.1 Å². The van der Waals surface area contributed by atoms with Crippen molar-refractivity contribution < 1.29 is 13.9 Å². The minimum Gasteiger partial charge on any atom is -0.497 e. The van der Waals surface area contributed by atoms with Crippen molar-refractivity contribution in [1.29, 1.82) is 0 Å². The number of carbonyl (C=O) groups is 1. The summed E-state index contributed by atoms with van der Waals surface area (Å²) in [7, 11) is 1.62. The van der Waals surface area contributed by atoms with Crippen molar-refractivity contribution in [3.63, 3.8) is 0 Å². The molecule has 0 aliphatic heterocycles. The van der Waals surface area contributed by atoms with Crippen molar-refractivity contribution in [2.75, 3.05) is 13.7 Å². The third-order valence-corrected chi connectivity index (χ3v) is 6.87. The zero-order chi connectivity index (χ0) is 23.3. The van der Waals surface area contributed by atoms with E-state index in [1.165, 1.54) is 18.6 Å². The highest BCUT2D eigenvalue weighted by Crippen LogP contribution is 2.39. The summed E-state index contributed by atoms with van der Waals surface area (Å²) < 4.78 is 21.0. The first-order chi connectivity index (χ1) is 16.0. The van der Waals surface area contributed by atoms with Crippen LogP contribution in [0.3, 0.4) is 0 Å². The smallest absolute Gasteiger partial charge is 0.221 e. The molecule has 1 amide bonds. The Morgan fingerprint density at radius 3 is 2.52 bits per heavy atom. The van der Waals surface area contributed by atoms with Gasteiger partial charge in [-0.3, -0.25) is 14.5 Å². The fraction of sp³-hybridized carbons (Fsp3) is 0.400. The number of aromatic amines is 1. The summed E-state index contributed by atoms with van der Waals surface area (Å²) in [5, 5.41) is 10.3. The van der Waals surface area contributed by atoms with E-state index in [0.717, 1.165) is 42.6 Å². The van der Waals surface area contributed by atoms with Crippen LogP contribution < -0.4 is 10.1 Å². The normalized spacial score (nSPS) is 15.2. The van der Waals surface area contributed by atoms with Crippen LogP contribution in [-0.2, 0) is 16.8 Å². The number of benzene rings is 2. The van der Waals surface area contributed by atoms with Crippen molar-refractivity contribution >= 4 is 18.1 Å². The lowest BCUT2D eigenvalue weighted by Crippen LogP contribution is -2.42. The largest absolute Gasteiger partial charge is 0.497 e. The Kier molecular flexibility index (Phi) is 7.23. The molecule has 1 aliphatic rings. The molecule has 0 unspecified atom stereocenters. The van der Waals surface area contributed by atoms with Gasteiger partial charge >= 0.3 is 0 Å². The Balaban J connectivity index is 1.41. The van der Waals surface area contributed by atoms with E-state index in [4.69, 9.17) is 17.0 Å². The number of nitrogens with zero attached hydrogens (tertiary/aromatic N) is 2. The molecule has 0 atom stereocenters. The molecular formula is C25H29FN4O2S. The van der Waals surface area contributed by atoms with Gasteiger partial charge in [0, 0.05) is 30.5 Å². The Morgan fingerprint density at radius 1 is 1.15 bits per heavy atom. The van der Waals surface area contributed by atoms with Gasteiger partial charge in [0.25, 0.3) is 0 Å². The second kappa shape index (κ2) is 10.3. The minimum absolute atomic E-state index is 0.0363. The zero-order valence-electron chi connectivity index (χ0n) is 18.8. The number of hydrogen-bond acceptors (Lipinski definition) is 4. The molecule has 6 nitrogen and oxygen atoms in total. The lowest BCUT2D eigenvalue weighted by molar-refractivity contribution is -0.121. The van der Waals surface area contributed by atoms with Gasteiger partial charge in [-0.15, -0.1) is 0 Å². The number of carbonyl (C=O) groups excluding carboxylic acids is 1. The molecule has 8 heteroatoms. The maximum absolute atomic E-state index is 13.5. The standard InChI is InChI=1S/C25H29FN4O2S/c1-32-21-11-5-18(6-12-21)23-28-29-24(33)30(23)16-13-22(31)27-17-25(14-3-2-4-15-25)19-7-9-20(26)10-8-19/h5-12H,2-4,13-17H2,1H3,(H,27,31)(H,29,33). The van der Waals surface area contributed by atoms with Gasteiger partial charge in [-0.05, 0) is 67.0 Å². The van der Waals surface area contributed by atoms with Crippen molar-refractivity contribution in [2.45, 2.75) is 50.5 Å². The van der Waals surface area contributed by atoms with Crippen LogP contribution in [0.15, 0.2) is 48.5 Å². The van der Waals surface area contributed by atoms with E-state index < -0.39 is 0 Å². The second-order valence-corrected chi connectivity index (χ2v) is 8.99. The molecule has 0 spiro atoms. The third kappa shape index (κ3) is 5.33. The number of halogens is 1. The molecule has 1 saturated carbocycles. The molecule has 1 aromatic heterocycles. The van der Waals surface area contributed by atoms with E-state index >= 15 is 0 Å². The summed E-state index contributed by atoms with van der Waals surface area (Å²) in [5.41, 5.74) is 1.85. The number of hydrogen-bond donors (Lipinski definition) is 2. The fourth-order valence-corrected chi connectivity index (χ4v) is 4.88. The van der Waals surface area contributed by atoms with Crippen LogP contribution >= 0.6 is 12.2 Å². The summed E-state index contributed by atoms with van der Waals surface area (Å²) in [5.74, 6) is 1.17. The molecule has 174 valence electrons. The number of rotatable bonds is 8. The topological polar surface area (TPSA) is 71.9 Å². The predicted octanol–water partition coefficient (Wildman–Crippen LogP) is 5.16. The number of amides is 1. The van der Waals surface area contributed by atoms with Gasteiger partial charge in [-0.25, -0.2) is 4.39 Å². The molecule has 0 bridgehead atoms. The van der Waals surface area contributed by atoms with Crippen LogP contribution in [0.2, 0.25) is 0 Å². The van der Waals surface area contributed by atoms with E-state index in [2.05, 4.69) is 15.5 Å². The number of methoxy groups -OCH3 is 1. The molecule has 4 rings (SSSR count). The highest BCUT2D eigenvalue weighted by Gasteiger charge is 2.34. The second-order valence-electron chi connectivity index (χ2n) is 8.61. The first-order valence-corrected chi connectivity index (χ1v) is 11.7. The Hall–Kier alpha value is -3.00. The number of nitrogens with one attached hydrogen (secondary N) is 2. The van der Waals surface area contributed by atoms with Gasteiger partial charge in [0.1, 0.15) is 11.6 Å². The molecule has 2 N–H and O–H groups in total. The Labute approximate surface area is 198 Å². The third-order valence-electron chi connectivity index (χ3n) is 6.56. The molecule has 1 fully saturated rings. The van der Waals surface area contributed by atoms with E-state index in [1.54, 1.807) is 7.11 Å². The molecule has 0 saturated heterocycles. The summed E-state index contributed by atoms with van der Waals surface area (Å²) in [4.78, 5) is 12.8. The molecule has 33 heavy (non-hydrogen) atoms. The predicted molar refractivity (Wildman–Crippen MR) is 128 cm³/mol. The molecule has 1 aliphatic carbocycles. The first-order valence-electron chi connectivity index (χ1n) is 11.3. The van der Waals surface area contributed by atoms with Crippen molar-refractivity contribution in [1.82, 2.24) is 20.1 Å². The van der Waals surface area contributed by atoms with Crippen LogP contribution in [0.25, 0.3) is 11.4 Å². The van der Waals surface area contributed by atoms with Crippen LogP contribution in [0.4, 0.5) is 4.39 Å². The summed E-state index contributed by atoms with van der Waals surface area (Å²) in [6, 6.07) is 14.3. The van der Waals surface area contributed by atoms with Crippen LogP contribution in [-0.4, -0.2) is 34.3 Å². The summed E-state index contributed by atoms with van der Waals surface area (Å²) >= 11 is 5.39. The summed E-state index contributed by atoms with van der Waals surface area (Å²) in [6.07, 6.45) is 5.70. The molecule has 0 radical (unpaired) electrons. The molecule has 3 aromatic rings. The lowest BCUT2D eigenvalue weighted by Gasteiger charge is -2.38. The Morgan fingerprint density at radius 2 is 1.85 bits per heavy atom. The van der Waals surface area contributed by atoms with Gasteiger partial charge in [0.2, 0.25) is 5.91 Å². The monoisotopic (exact) mass is 468 g/mol. The summed E-state index contributed by atoms with van der Waals surface area (Å²) in [6.45, 7) is 0.978. The maximum atomic E-state index is 13.5. The highest BCUT2D eigenvalue weighted by molar-refractivity contribution is 7.71. The van der Waals surface area contributed by atoms with Crippen LogP contribution in [0.1, 0.15) is 44.1 Å². The molecular weight excluding hydrogens is 439 g/mol. The SMILES string of the molecule is COc1ccc(-c2n[nH]c(=S)n2CCC(=O)NCC2(c3ccc(F)cc3)CCCCC2)cc1. The average Bonchev–Trinajstić information content (AvgIpc) is 3.22. The number of ether oxygens (including phenoxy) is 1. The van der Waals surface area contributed by atoms with E-state index in [-0.39, 0.29) is 23.6 Å². The van der Waals surface area contributed by atoms with E-state index in [0.29, 0.717) is 23.7 Å². The van der Waals surface area contributed by atoms with Crippen molar-refractivity contribution in [3.05, 3.63) is 64.7 Å². The highest BCUT2D eigenvalue weighted by atomic mass is 32.1. The Bertz CT molecular complexity index is 1130. The van der Waals surface area contributed by atoms with Gasteiger partial charge in [0.05, 0.1) is 7.11 Å². The fourth-order valence-electron chi connectivity index (χ4n) is 4.65. The quantitative estimate of drug-likeness (QED) is 0.448. The first kappa shape index (κ1) is 23.2. The van der Waals surface area contributed by atoms with E-state index in [9.17, 15) is 9.18 Å². The van der Waals surface area contributed by atoms with Crippen LogP contribution in [0, 0.1) is 10.6 Å². The van der Waals surface area contributed by atoms with Gasteiger partial charge in [0.15, 0.2) is 10.6 Å². The van der Waals surface area contributed by atoms with Gasteiger partial charge in [-0.2, -0.15) is 5.10 Å². The average molecular weight is 469 g/mol. The van der Waals surface area contributed by atoms with Crippen molar-refractivity contribution in [2.24, 2.45) is 0 Å². The van der Waals surface area contributed by atoms with Gasteiger partial charge in [-0.1, -0.05) is 31.4 Å². The number of H-pyrrole nitrogens is 1. The number of aromatic nitrogens is 3. The molecule has 2 aromatic carbocycles. The van der Waals surface area contributed by atoms with Crippen molar-refractivity contribution in [3.8, 4) is 17.1 Å². The zero-order valence-corrected chi connectivity index (χ0v) is 19.6. The molecule has 1 heterocycles. The van der Waals surface area contributed by atoms with E-state index in [1.807, 2.05) is 41.0 Å². The van der Waals surface area contributed by atoms with Crippen LogP contribution in [0.5, 0.6) is 5.75 Å². The lowest BCUT2D eigenvalue weighted by atomic mass is 9.69. The minimum atomic E-state index is -0.238.